The molecule has 4 aliphatic rings. The number of allylic oxidation sites excluding steroid dienone is 1. The highest BCUT2D eigenvalue weighted by Crippen LogP contribution is 2.66. The smallest absolute Gasteiger partial charge is 0.393 e. The Bertz CT molecular complexity index is 729. The number of aliphatic hydroxyl groups is 1. The molecule has 27 heavy (non-hydrogen) atoms. The van der Waals surface area contributed by atoms with E-state index in [9.17, 15) is 13.5 Å². The van der Waals surface area contributed by atoms with Gasteiger partial charge in [0.1, 0.15) is 0 Å². The van der Waals surface area contributed by atoms with E-state index in [0.29, 0.717) is 36.5 Å². The van der Waals surface area contributed by atoms with Crippen LogP contribution in [0.5, 0.6) is 0 Å². The van der Waals surface area contributed by atoms with Crippen LogP contribution in [0.1, 0.15) is 72.1 Å². The van der Waals surface area contributed by atoms with E-state index in [0.717, 1.165) is 19.3 Å². The van der Waals surface area contributed by atoms with Gasteiger partial charge in [-0.25, -0.2) is 4.18 Å². The molecular formula is C21H34O5S. The molecule has 3 fully saturated rings. The number of aliphatic hydroxyl groups excluding tert-OH is 1. The molecule has 5 nitrogen and oxygen atoms in total. The lowest BCUT2D eigenvalue weighted by Gasteiger charge is -2.58. The van der Waals surface area contributed by atoms with Gasteiger partial charge in [0.05, 0.1) is 12.2 Å². The molecule has 4 aliphatic carbocycles. The summed E-state index contributed by atoms with van der Waals surface area (Å²) in [6.07, 6.45) is 9.69. The molecule has 0 aromatic rings. The van der Waals surface area contributed by atoms with Crippen LogP contribution < -0.4 is 0 Å². The molecule has 0 aliphatic heterocycles. The largest absolute Gasteiger partial charge is 0.397 e. The monoisotopic (exact) mass is 398 g/mol. The highest BCUT2D eigenvalue weighted by Gasteiger charge is 2.59. The van der Waals surface area contributed by atoms with Crippen molar-refractivity contribution in [3.8, 4) is 0 Å². The lowest BCUT2D eigenvalue weighted by Crippen LogP contribution is -2.51. The van der Waals surface area contributed by atoms with Crippen molar-refractivity contribution in [3.05, 3.63) is 11.6 Å². The minimum atomic E-state index is -4.39. The van der Waals surface area contributed by atoms with E-state index < -0.39 is 16.5 Å². The first kappa shape index (κ1) is 19.9. The van der Waals surface area contributed by atoms with Crippen LogP contribution in [0.15, 0.2) is 11.6 Å². The Morgan fingerprint density at radius 2 is 1.89 bits per heavy atom. The fraction of sp³-hybridized carbons (Fsp3) is 0.905. The van der Waals surface area contributed by atoms with E-state index in [4.69, 9.17) is 8.74 Å². The van der Waals surface area contributed by atoms with E-state index in [-0.39, 0.29) is 16.9 Å². The zero-order valence-electron chi connectivity index (χ0n) is 16.7. The van der Waals surface area contributed by atoms with Crippen molar-refractivity contribution < 1.29 is 22.3 Å². The van der Waals surface area contributed by atoms with Gasteiger partial charge in [-0.15, -0.1) is 0 Å². The molecule has 0 heterocycles. The van der Waals surface area contributed by atoms with E-state index in [2.05, 4.69) is 19.9 Å². The second kappa shape index (κ2) is 6.54. The maximum atomic E-state index is 11.1. The molecule has 0 spiro atoms. The molecule has 0 aromatic heterocycles. The molecule has 0 radical (unpaired) electrons. The summed E-state index contributed by atoms with van der Waals surface area (Å²) >= 11 is 0. The predicted molar refractivity (Wildman–Crippen MR) is 103 cm³/mol. The Balaban J connectivity index is 1.57. The highest BCUT2D eigenvalue weighted by atomic mass is 32.3. The van der Waals surface area contributed by atoms with Gasteiger partial charge in [0.25, 0.3) is 0 Å². The Kier molecular flexibility index (Phi) is 4.81. The minimum absolute atomic E-state index is 0.117. The first-order chi connectivity index (χ1) is 12.5. The maximum absolute atomic E-state index is 11.1. The Morgan fingerprint density at radius 1 is 1.15 bits per heavy atom. The van der Waals surface area contributed by atoms with E-state index in [1.165, 1.54) is 24.8 Å². The van der Waals surface area contributed by atoms with Crippen LogP contribution in [0.3, 0.4) is 0 Å². The van der Waals surface area contributed by atoms with Crippen LogP contribution >= 0.6 is 0 Å². The van der Waals surface area contributed by atoms with Gasteiger partial charge in [0.2, 0.25) is 0 Å². The third-order valence-electron chi connectivity index (χ3n) is 8.97. The molecule has 154 valence electrons. The van der Waals surface area contributed by atoms with Crippen LogP contribution in [0.4, 0.5) is 0 Å². The Hall–Kier alpha value is -0.430. The molecule has 0 bridgehead atoms. The van der Waals surface area contributed by atoms with Gasteiger partial charge in [-0.1, -0.05) is 25.5 Å². The zero-order valence-corrected chi connectivity index (χ0v) is 17.5. The van der Waals surface area contributed by atoms with Gasteiger partial charge in [0, 0.05) is 0 Å². The predicted octanol–water partition coefficient (Wildman–Crippen LogP) is 4.13. The summed E-state index contributed by atoms with van der Waals surface area (Å²) < 4.78 is 36.1. The van der Waals surface area contributed by atoms with Crippen molar-refractivity contribution in [2.75, 3.05) is 0 Å². The minimum Gasteiger partial charge on any atom is -0.393 e. The maximum Gasteiger partial charge on any atom is 0.397 e. The molecule has 2 N–H and O–H groups in total. The quantitative estimate of drug-likeness (QED) is 0.551. The zero-order chi connectivity index (χ0) is 19.6. The van der Waals surface area contributed by atoms with E-state index in [1.54, 1.807) is 0 Å². The van der Waals surface area contributed by atoms with Crippen molar-refractivity contribution in [1.29, 1.82) is 0 Å². The summed E-state index contributed by atoms with van der Waals surface area (Å²) in [5.74, 6) is 2.40. The van der Waals surface area contributed by atoms with Crippen molar-refractivity contribution >= 4 is 10.4 Å². The molecule has 0 aromatic carbocycles. The second-order valence-corrected chi connectivity index (χ2v) is 11.2. The standard InChI is InChI=1S/C21H34O5S/c1-13(22)17-6-7-18-16-5-4-14-12-15(26-27(23,24)25)8-10-20(14,2)19(16)9-11-21(17,18)3/h4,13,15-19,22H,5-12H2,1-3H3,(H,23,24,25)/t13-,15-,16-,17-,18+,19+,20-,21+/m0/s1. The number of hydrogen-bond donors (Lipinski definition) is 2. The third-order valence-corrected chi connectivity index (χ3v) is 9.49. The fourth-order valence-electron chi connectivity index (χ4n) is 7.71. The van der Waals surface area contributed by atoms with Gasteiger partial charge in [-0.3, -0.25) is 4.55 Å². The normalized spacial score (nSPS) is 48.2. The lowest BCUT2D eigenvalue weighted by atomic mass is 9.47. The third kappa shape index (κ3) is 3.21. The van der Waals surface area contributed by atoms with Crippen molar-refractivity contribution in [1.82, 2.24) is 0 Å². The van der Waals surface area contributed by atoms with E-state index in [1.807, 2.05) is 6.92 Å². The summed E-state index contributed by atoms with van der Waals surface area (Å²) in [6.45, 7) is 6.74. The summed E-state index contributed by atoms with van der Waals surface area (Å²) in [5.41, 5.74) is 1.70. The number of hydrogen-bond acceptors (Lipinski definition) is 4. The van der Waals surface area contributed by atoms with Crippen LogP contribution in [-0.4, -0.2) is 30.3 Å². The summed E-state index contributed by atoms with van der Waals surface area (Å²) in [7, 11) is -4.39. The summed E-state index contributed by atoms with van der Waals surface area (Å²) in [6, 6.07) is 0. The fourth-order valence-corrected chi connectivity index (χ4v) is 8.22. The summed E-state index contributed by atoms with van der Waals surface area (Å²) in [4.78, 5) is 0. The van der Waals surface area contributed by atoms with Crippen LogP contribution in [0, 0.1) is 34.5 Å². The molecule has 0 unspecified atom stereocenters. The van der Waals surface area contributed by atoms with Crippen molar-refractivity contribution in [2.45, 2.75) is 84.3 Å². The second-order valence-electron chi connectivity index (χ2n) is 10.1. The topological polar surface area (TPSA) is 83.8 Å². The number of rotatable bonds is 3. The van der Waals surface area contributed by atoms with Gasteiger partial charge in [0.15, 0.2) is 0 Å². The molecular weight excluding hydrogens is 364 g/mol. The van der Waals surface area contributed by atoms with Crippen molar-refractivity contribution in [3.63, 3.8) is 0 Å². The summed E-state index contributed by atoms with van der Waals surface area (Å²) in [5, 5.41) is 10.3. The average molecular weight is 399 g/mol. The van der Waals surface area contributed by atoms with Gasteiger partial charge < -0.3 is 5.11 Å². The SMILES string of the molecule is C[C@H](O)[C@@H]1CC[C@@H]2[C@@H]3CC=C4C[C@@H](OS(=O)(=O)O)CC[C@]4(C)[C@@H]3CC[C@@]21C. The van der Waals surface area contributed by atoms with E-state index >= 15 is 0 Å². The van der Waals surface area contributed by atoms with Gasteiger partial charge in [-0.05, 0) is 92.8 Å². The molecule has 0 saturated heterocycles. The average Bonchev–Trinajstić information content (AvgIpc) is 2.91. The first-order valence-electron chi connectivity index (χ1n) is 10.6. The molecule has 0 amide bonds. The number of fused-ring (bicyclic) bond motifs is 5. The van der Waals surface area contributed by atoms with Crippen LogP contribution in [0.2, 0.25) is 0 Å². The molecule has 4 rings (SSSR count). The Morgan fingerprint density at radius 3 is 2.56 bits per heavy atom. The Labute approximate surface area is 163 Å². The molecule has 3 saturated carbocycles. The lowest BCUT2D eigenvalue weighted by molar-refractivity contribution is -0.0666. The van der Waals surface area contributed by atoms with Gasteiger partial charge in [-0.2, -0.15) is 8.42 Å². The van der Waals surface area contributed by atoms with Crippen LogP contribution in [-0.2, 0) is 14.6 Å². The van der Waals surface area contributed by atoms with Crippen LogP contribution in [0.25, 0.3) is 0 Å². The van der Waals surface area contributed by atoms with Crippen molar-refractivity contribution in [2.24, 2.45) is 34.5 Å². The highest BCUT2D eigenvalue weighted by molar-refractivity contribution is 7.80. The van der Waals surface area contributed by atoms with Gasteiger partial charge >= 0.3 is 10.4 Å². The molecule has 6 heteroatoms. The first-order valence-corrected chi connectivity index (χ1v) is 11.9. The molecule has 8 atom stereocenters.